The summed E-state index contributed by atoms with van der Waals surface area (Å²) in [5.74, 6) is -0.317. The zero-order valence-corrected chi connectivity index (χ0v) is 14.5. The molecular weight excluding hydrogens is 383 g/mol. The van der Waals surface area contributed by atoms with Gasteiger partial charge in [-0.15, -0.1) is 0 Å². The Labute approximate surface area is 157 Å². The van der Waals surface area contributed by atoms with E-state index in [0.717, 1.165) is 6.07 Å². The maximum atomic E-state index is 13.0. The van der Waals surface area contributed by atoms with Crippen molar-refractivity contribution in [1.29, 1.82) is 0 Å². The predicted octanol–water partition coefficient (Wildman–Crippen LogP) is 4.84. The molecule has 2 aromatic carbocycles. The number of rotatable bonds is 5. The number of aromatic nitrogens is 2. The molecule has 0 bridgehead atoms. The van der Waals surface area contributed by atoms with Crippen molar-refractivity contribution < 1.29 is 22.7 Å². The lowest BCUT2D eigenvalue weighted by Gasteiger charge is -2.12. The fourth-order valence-corrected chi connectivity index (χ4v) is 2.47. The Morgan fingerprint density at radius 1 is 1.11 bits per heavy atom. The molecule has 3 rings (SSSR count). The van der Waals surface area contributed by atoms with Gasteiger partial charge in [-0.05, 0) is 30.3 Å². The number of nitrogens with zero attached hydrogens (tertiary/aromatic N) is 2. The molecule has 0 aliphatic heterocycles. The largest absolute Gasteiger partial charge is 0.470 e. The Hall–Kier alpha value is -3.00. The van der Waals surface area contributed by atoms with Crippen LogP contribution in [0.2, 0.25) is 5.02 Å². The summed E-state index contributed by atoms with van der Waals surface area (Å²) in [6.07, 6.45) is -3.10. The number of anilines is 1. The molecule has 0 unspecified atom stereocenters. The molecule has 0 fully saturated rings. The molecule has 0 aliphatic rings. The highest BCUT2D eigenvalue weighted by Crippen LogP contribution is 2.34. The van der Waals surface area contributed by atoms with Gasteiger partial charge in [-0.3, -0.25) is 4.79 Å². The van der Waals surface area contributed by atoms with Gasteiger partial charge in [-0.25, -0.2) is 4.68 Å². The highest BCUT2D eigenvalue weighted by atomic mass is 35.5. The number of amides is 1. The maximum absolute atomic E-state index is 13.0. The van der Waals surface area contributed by atoms with Crippen LogP contribution in [-0.4, -0.2) is 15.7 Å². The van der Waals surface area contributed by atoms with Gasteiger partial charge in [0.2, 0.25) is 0 Å². The van der Waals surface area contributed by atoms with Crippen molar-refractivity contribution in [2.24, 2.45) is 0 Å². The van der Waals surface area contributed by atoms with Crippen LogP contribution >= 0.6 is 11.6 Å². The van der Waals surface area contributed by atoms with Gasteiger partial charge in [0.15, 0.2) is 12.4 Å². The van der Waals surface area contributed by atoms with E-state index >= 15 is 0 Å². The lowest BCUT2D eigenvalue weighted by atomic mass is 10.1. The first-order valence-electron chi connectivity index (χ1n) is 7.73. The second kappa shape index (κ2) is 7.71. The van der Waals surface area contributed by atoms with Crippen LogP contribution in [0.3, 0.4) is 0 Å². The van der Waals surface area contributed by atoms with Crippen molar-refractivity contribution in [2.45, 2.75) is 12.9 Å². The number of hydrogen-bond donors (Lipinski definition) is 1. The summed E-state index contributed by atoms with van der Waals surface area (Å²) in [6.45, 7) is -0.0177. The van der Waals surface area contributed by atoms with Crippen LogP contribution in [0.4, 0.5) is 18.9 Å². The SMILES string of the molecule is O=C(Nc1ccccc1C(F)(F)F)c1ccn(COc2ccccc2Cl)n1. The van der Waals surface area contributed by atoms with Gasteiger partial charge in [-0.1, -0.05) is 35.9 Å². The number of halogens is 4. The fourth-order valence-electron chi connectivity index (χ4n) is 2.28. The lowest BCUT2D eigenvalue weighted by molar-refractivity contribution is -0.136. The van der Waals surface area contributed by atoms with Crippen molar-refractivity contribution >= 4 is 23.2 Å². The summed E-state index contributed by atoms with van der Waals surface area (Å²) in [6, 6.07) is 12.9. The normalized spacial score (nSPS) is 11.3. The molecule has 3 aromatic rings. The second-order valence-corrected chi connectivity index (χ2v) is 5.85. The molecule has 140 valence electrons. The van der Waals surface area contributed by atoms with Crippen molar-refractivity contribution in [1.82, 2.24) is 9.78 Å². The second-order valence-electron chi connectivity index (χ2n) is 5.44. The van der Waals surface area contributed by atoms with Gasteiger partial charge in [0.05, 0.1) is 16.3 Å². The lowest BCUT2D eigenvalue weighted by Crippen LogP contribution is -2.17. The Bertz CT molecular complexity index is 957. The zero-order chi connectivity index (χ0) is 19.4. The highest BCUT2D eigenvalue weighted by molar-refractivity contribution is 6.32. The monoisotopic (exact) mass is 395 g/mol. The first-order chi connectivity index (χ1) is 12.8. The van der Waals surface area contributed by atoms with Crippen LogP contribution in [0, 0.1) is 0 Å². The minimum Gasteiger partial charge on any atom is -0.470 e. The van der Waals surface area contributed by atoms with Crippen molar-refractivity contribution in [3.63, 3.8) is 0 Å². The summed E-state index contributed by atoms with van der Waals surface area (Å²) >= 11 is 5.98. The fraction of sp³-hybridized carbons (Fsp3) is 0.111. The third-order valence-corrected chi connectivity index (χ3v) is 3.86. The summed E-state index contributed by atoms with van der Waals surface area (Å²) in [5, 5.41) is 6.65. The molecule has 0 radical (unpaired) electrons. The number of carbonyl (C=O) groups excluding carboxylic acids is 1. The molecule has 1 heterocycles. The minimum absolute atomic E-state index is 0.0177. The third-order valence-electron chi connectivity index (χ3n) is 3.54. The average molecular weight is 396 g/mol. The van der Waals surface area contributed by atoms with E-state index in [1.54, 1.807) is 24.3 Å². The Balaban J connectivity index is 1.68. The molecule has 5 nitrogen and oxygen atoms in total. The molecule has 0 saturated heterocycles. The zero-order valence-electron chi connectivity index (χ0n) is 13.7. The van der Waals surface area contributed by atoms with Crippen LogP contribution in [0.5, 0.6) is 5.75 Å². The van der Waals surface area contributed by atoms with Gasteiger partial charge in [-0.2, -0.15) is 18.3 Å². The molecular formula is C18H13ClF3N3O2. The summed E-state index contributed by atoms with van der Waals surface area (Å²) in [4.78, 5) is 12.2. The van der Waals surface area contributed by atoms with Crippen LogP contribution in [-0.2, 0) is 12.9 Å². The summed E-state index contributed by atoms with van der Waals surface area (Å²) in [7, 11) is 0. The van der Waals surface area contributed by atoms with E-state index in [9.17, 15) is 18.0 Å². The number of alkyl halides is 3. The minimum atomic E-state index is -4.58. The van der Waals surface area contributed by atoms with Crippen LogP contribution in [0.15, 0.2) is 60.8 Å². The van der Waals surface area contributed by atoms with Gasteiger partial charge in [0.25, 0.3) is 5.91 Å². The molecule has 0 atom stereocenters. The number of carbonyl (C=O) groups is 1. The van der Waals surface area contributed by atoms with Crippen molar-refractivity contribution in [3.8, 4) is 5.75 Å². The maximum Gasteiger partial charge on any atom is 0.418 e. The van der Waals surface area contributed by atoms with E-state index in [1.807, 2.05) is 0 Å². The Morgan fingerprint density at radius 2 is 1.81 bits per heavy atom. The molecule has 0 spiro atoms. The van der Waals surface area contributed by atoms with E-state index in [-0.39, 0.29) is 18.1 Å². The Morgan fingerprint density at radius 3 is 2.56 bits per heavy atom. The molecule has 9 heteroatoms. The van der Waals surface area contributed by atoms with Gasteiger partial charge in [0, 0.05) is 6.20 Å². The smallest absolute Gasteiger partial charge is 0.418 e. The topological polar surface area (TPSA) is 56.2 Å². The number of hydrogen-bond acceptors (Lipinski definition) is 3. The summed E-state index contributed by atoms with van der Waals surface area (Å²) in [5.41, 5.74) is -1.31. The molecule has 0 saturated carbocycles. The van der Waals surface area contributed by atoms with Crippen LogP contribution < -0.4 is 10.1 Å². The van der Waals surface area contributed by atoms with Gasteiger partial charge in [0.1, 0.15) is 5.75 Å². The molecule has 27 heavy (non-hydrogen) atoms. The van der Waals surface area contributed by atoms with Crippen LogP contribution in [0.25, 0.3) is 0 Å². The first-order valence-corrected chi connectivity index (χ1v) is 8.11. The predicted molar refractivity (Wildman–Crippen MR) is 93.7 cm³/mol. The average Bonchev–Trinajstić information content (AvgIpc) is 3.10. The van der Waals surface area contributed by atoms with E-state index in [4.69, 9.17) is 16.3 Å². The van der Waals surface area contributed by atoms with E-state index < -0.39 is 17.6 Å². The highest BCUT2D eigenvalue weighted by Gasteiger charge is 2.33. The van der Waals surface area contributed by atoms with Crippen molar-refractivity contribution in [3.05, 3.63) is 77.1 Å². The van der Waals surface area contributed by atoms with Gasteiger partial charge >= 0.3 is 6.18 Å². The number of benzene rings is 2. The van der Waals surface area contributed by atoms with E-state index in [2.05, 4.69) is 10.4 Å². The molecule has 1 amide bonds. The van der Waals surface area contributed by atoms with E-state index in [0.29, 0.717) is 10.8 Å². The van der Waals surface area contributed by atoms with Gasteiger partial charge < -0.3 is 10.1 Å². The van der Waals surface area contributed by atoms with Crippen LogP contribution in [0.1, 0.15) is 16.1 Å². The molecule has 1 N–H and O–H groups in total. The molecule has 1 aromatic heterocycles. The molecule has 0 aliphatic carbocycles. The number of nitrogens with one attached hydrogen (secondary N) is 1. The quantitative estimate of drug-likeness (QED) is 0.672. The standard InChI is InChI=1S/C18H13ClF3N3O2/c19-13-6-2-4-8-16(13)27-11-25-10-9-15(24-25)17(26)23-14-7-3-1-5-12(14)18(20,21)22/h1-10H,11H2,(H,23,26). The Kier molecular flexibility index (Phi) is 5.36. The third kappa shape index (κ3) is 4.59. The number of ether oxygens (including phenoxy) is 1. The summed E-state index contributed by atoms with van der Waals surface area (Å²) < 4.78 is 45.8. The van der Waals surface area contributed by atoms with E-state index in [1.165, 1.54) is 35.1 Å². The first kappa shape index (κ1) is 18.8. The van der Waals surface area contributed by atoms with Crippen molar-refractivity contribution in [2.75, 3.05) is 5.32 Å². The number of para-hydroxylation sites is 2.